The Balaban J connectivity index is 0.000000135. The van der Waals surface area contributed by atoms with Crippen molar-refractivity contribution in [2.24, 2.45) is 0 Å². The highest BCUT2D eigenvalue weighted by Gasteiger charge is 2.34. The fourth-order valence-corrected chi connectivity index (χ4v) is 15.6. The molecule has 47 heteroatoms. The second kappa shape index (κ2) is 47.0. The van der Waals surface area contributed by atoms with Gasteiger partial charge in [0.15, 0.2) is 46.3 Å². The number of aromatic nitrogens is 8. The molecule has 0 spiro atoms. The molecule has 0 radical (unpaired) electrons. The van der Waals surface area contributed by atoms with Crippen molar-refractivity contribution in [2.45, 2.75) is 6.18 Å². The molecule has 0 bridgehead atoms. The fourth-order valence-electron chi connectivity index (χ4n) is 15.1. The van der Waals surface area contributed by atoms with Crippen LogP contribution in [-0.2, 0) is 20.4 Å². The van der Waals surface area contributed by atoms with Crippen molar-refractivity contribution in [3.05, 3.63) is 310 Å². The summed E-state index contributed by atoms with van der Waals surface area (Å²) in [7, 11) is 0. The quantitative estimate of drug-likeness (QED) is 0.0320. The number of amides is 8. The summed E-state index contributed by atoms with van der Waals surface area (Å²) in [6.45, 7) is 10.9. The number of benzene rings is 12. The van der Waals surface area contributed by atoms with Gasteiger partial charge in [-0.15, -0.1) is 0 Å². The monoisotopic (exact) mass is 2100 g/mol. The van der Waals surface area contributed by atoms with Gasteiger partial charge in [0.1, 0.15) is 52.1 Å². The van der Waals surface area contributed by atoms with Crippen LogP contribution >= 0.6 is 34.8 Å². The number of alkyl halides is 3. The number of rotatable bonds is 20. The fraction of sp³-hybridized carbons (Fsp3) is 0.168. The van der Waals surface area contributed by atoms with Gasteiger partial charge in [-0.25, -0.2) is 61.1 Å². The average Bonchev–Trinajstić information content (AvgIpc) is 0.819. The summed E-state index contributed by atoms with van der Waals surface area (Å²) in [5.41, 5.74) is 3.97. The zero-order valence-corrected chi connectivity index (χ0v) is 79.1. The number of carbonyl (C=O) groups is 4. The van der Waals surface area contributed by atoms with Crippen molar-refractivity contribution in [1.82, 2.24) is 45.2 Å². The Morgan fingerprint density at radius 1 is 0.304 bits per heavy atom. The molecule has 760 valence electrons. The van der Waals surface area contributed by atoms with E-state index in [1.54, 1.807) is 134 Å². The first-order valence-electron chi connectivity index (χ1n) is 45.0. The standard InChI is InChI=1S/C26H20ClF5N6O2.2C25H20ClF2N5O3.C25H20F3N5O3/c27-18-3-1-14(9-17(18)26(30,31)32)35-25(39)36-15-10-19(28)24(29)22(11-15)40-16-2-4-20-21(12-16)37-23(13-34-20)38-7-5-33-6-8-38;26-15-1-3-16(4-2-15)30-25(34)31-17-11-19(27)24(28)22(12-17)36-18-5-6-20-21(13-18)32-23(14-29-20)33-7-9-35-10-8-33;2*26-15-2-1-3-16(10-15)30-25(34)31-17-11-19(27)24(28)22(12-17)36-18-4-5-20-21(13-18)32-23(14-29-20)33-6-8-35-9-7-33/h1-4,9-13,33H,5-8H2,(H2,35,36,39);1-6,11-14H,7-10H2,(H2,30,31,34);2*1-5,10-14H,6-9H2,(H2,30,31,34). The molecular formula is C101H80Cl3F12N21O11. The number of ether oxygens (including phenoxy) is 7. The molecule has 148 heavy (non-hydrogen) atoms. The SMILES string of the molecule is O=C(Nc1cc(F)c(F)c(Oc2ccc3ncc(N4CCNCC4)nc3c2)c1)Nc1ccc(Cl)c(C(F)(F)F)c1.O=C(Nc1ccc(Cl)cc1)Nc1cc(F)c(F)c(Oc2ccc3ncc(N4CCOCC4)nc3c2)c1.O=C(Nc1cccc(Cl)c1)Nc1cc(F)c(F)c(Oc2ccc3ncc(N4CCOCC4)nc3c2)c1.O=C(Nc1cccc(F)c1)Nc1cc(F)c(F)c(Oc2ccc3ncc(N4CCOCC4)nc3c2)c1. The van der Waals surface area contributed by atoms with Crippen LogP contribution in [0.2, 0.25) is 15.1 Å². The lowest BCUT2D eigenvalue weighted by atomic mass is 10.2. The van der Waals surface area contributed by atoms with Gasteiger partial charge < -0.3 is 101 Å². The van der Waals surface area contributed by atoms with E-state index in [1.807, 2.05) is 4.90 Å². The molecule has 8 amide bonds. The van der Waals surface area contributed by atoms with E-state index in [0.29, 0.717) is 180 Å². The Kier molecular flexibility index (Phi) is 32.7. The van der Waals surface area contributed by atoms with Crippen molar-refractivity contribution in [1.29, 1.82) is 0 Å². The maximum Gasteiger partial charge on any atom is 0.417 e. The zero-order valence-electron chi connectivity index (χ0n) is 76.9. The number of halogens is 15. The first-order valence-corrected chi connectivity index (χ1v) is 46.2. The minimum absolute atomic E-state index is 0.00128. The van der Waals surface area contributed by atoms with Crippen LogP contribution in [0.5, 0.6) is 46.0 Å². The molecule has 8 heterocycles. The van der Waals surface area contributed by atoms with Crippen LogP contribution in [-0.4, -0.2) is 169 Å². The number of carbonyl (C=O) groups excluding carboxylic acids is 4. The van der Waals surface area contributed by atoms with Crippen molar-refractivity contribution in [3.8, 4) is 46.0 Å². The van der Waals surface area contributed by atoms with E-state index in [-0.39, 0.29) is 57.1 Å². The Morgan fingerprint density at radius 3 is 0.926 bits per heavy atom. The molecule has 0 atom stereocenters. The summed E-state index contributed by atoms with van der Waals surface area (Å²) in [5.74, 6) is -8.56. The van der Waals surface area contributed by atoms with Crippen molar-refractivity contribution < 1.29 is 105 Å². The molecule has 32 nitrogen and oxygen atoms in total. The van der Waals surface area contributed by atoms with Crippen molar-refractivity contribution in [3.63, 3.8) is 0 Å². The molecule has 12 aromatic carbocycles. The maximum absolute atomic E-state index is 14.6. The van der Waals surface area contributed by atoms with Gasteiger partial charge in [0.25, 0.3) is 0 Å². The number of hydrogen-bond acceptors (Lipinski definition) is 24. The summed E-state index contributed by atoms with van der Waals surface area (Å²) in [5, 5.41) is 23.0. The van der Waals surface area contributed by atoms with E-state index in [9.17, 15) is 71.9 Å². The van der Waals surface area contributed by atoms with Crippen LogP contribution in [0.1, 0.15) is 5.56 Å². The first kappa shape index (κ1) is 103. The van der Waals surface area contributed by atoms with Gasteiger partial charge in [-0.05, 0) is 127 Å². The molecule has 4 aromatic heterocycles. The topological polar surface area (TPSA) is 357 Å². The predicted molar refractivity (Wildman–Crippen MR) is 534 cm³/mol. The highest BCUT2D eigenvalue weighted by Crippen LogP contribution is 2.41. The molecule has 4 aliphatic heterocycles. The van der Waals surface area contributed by atoms with Crippen molar-refractivity contribution >= 4 is 172 Å². The van der Waals surface area contributed by atoms with Gasteiger partial charge in [-0.1, -0.05) is 46.9 Å². The molecule has 0 saturated carbocycles. The average molecular weight is 2100 g/mol. The van der Waals surface area contributed by atoms with E-state index in [4.69, 9.17) is 68.0 Å². The third kappa shape index (κ3) is 27.1. The third-order valence-electron chi connectivity index (χ3n) is 22.2. The number of hydrogen-bond donors (Lipinski definition) is 9. The van der Waals surface area contributed by atoms with Crippen LogP contribution in [0.4, 0.5) is 141 Å². The third-order valence-corrected chi connectivity index (χ3v) is 23.0. The Morgan fingerprint density at radius 2 is 0.601 bits per heavy atom. The number of piperazine rings is 1. The lowest BCUT2D eigenvalue weighted by Crippen LogP contribution is -2.43. The highest BCUT2D eigenvalue weighted by atomic mass is 35.5. The molecule has 4 fully saturated rings. The molecule has 4 aliphatic rings. The van der Waals surface area contributed by atoms with E-state index in [2.05, 4.69) is 102 Å². The minimum atomic E-state index is -4.74. The Hall–Kier alpha value is -16.7. The molecule has 9 N–H and O–H groups in total. The summed E-state index contributed by atoms with van der Waals surface area (Å²) < 4.78 is 207. The van der Waals surface area contributed by atoms with Gasteiger partial charge in [-0.3, -0.25) is 19.9 Å². The predicted octanol–water partition coefficient (Wildman–Crippen LogP) is 23.4. The number of nitrogens with zero attached hydrogens (tertiary/aromatic N) is 12. The molecule has 16 aromatic rings. The minimum Gasteiger partial charge on any atom is -0.454 e. The summed E-state index contributed by atoms with van der Waals surface area (Å²) in [6, 6.07) is 44.8. The van der Waals surface area contributed by atoms with E-state index in [0.717, 1.165) is 74.7 Å². The lowest BCUT2D eigenvalue weighted by molar-refractivity contribution is -0.137. The van der Waals surface area contributed by atoms with Gasteiger partial charge in [0.05, 0.1) is 119 Å². The van der Waals surface area contributed by atoms with Crippen LogP contribution in [0.3, 0.4) is 0 Å². The van der Waals surface area contributed by atoms with Gasteiger partial charge in [0, 0.05) is 194 Å². The molecule has 4 saturated heterocycles. The van der Waals surface area contributed by atoms with Gasteiger partial charge in [-0.2, -0.15) is 30.7 Å². The molecule has 0 unspecified atom stereocenters. The van der Waals surface area contributed by atoms with Crippen molar-refractivity contribution in [2.75, 3.05) is 167 Å². The second-order valence-electron chi connectivity index (χ2n) is 32.6. The number of nitrogens with one attached hydrogen (secondary N) is 9. The van der Waals surface area contributed by atoms with E-state index >= 15 is 0 Å². The Labute approximate surface area is 847 Å². The lowest BCUT2D eigenvalue weighted by Gasteiger charge is -2.28. The van der Waals surface area contributed by atoms with Crippen LogP contribution < -0.4 is 86.4 Å². The van der Waals surface area contributed by atoms with Gasteiger partial charge in [0.2, 0.25) is 23.3 Å². The van der Waals surface area contributed by atoms with Crippen LogP contribution in [0.15, 0.2) is 237 Å². The summed E-state index contributed by atoms with van der Waals surface area (Å²) in [4.78, 5) is 93.6. The normalized spacial score (nSPS) is 13.6. The zero-order chi connectivity index (χ0) is 104. The number of fused-ring (bicyclic) bond motifs is 4. The van der Waals surface area contributed by atoms with Crippen LogP contribution in [0.25, 0.3) is 44.1 Å². The smallest absolute Gasteiger partial charge is 0.417 e. The number of anilines is 12. The maximum atomic E-state index is 14.6. The summed E-state index contributed by atoms with van der Waals surface area (Å²) in [6.07, 6.45) is 1.98. The van der Waals surface area contributed by atoms with Crippen LogP contribution in [0, 0.1) is 52.4 Å². The first-order chi connectivity index (χ1) is 71.4. The molecule has 0 aliphatic carbocycles. The Bertz CT molecular complexity index is 7410. The van der Waals surface area contributed by atoms with E-state index < -0.39 is 116 Å². The molecular weight excluding hydrogens is 2020 g/mol. The number of urea groups is 4. The number of morpholine rings is 3. The highest BCUT2D eigenvalue weighted by molar-refractivity contribution is 6.32. The summed E-state index contributed by atoms with van der Waals surface area (Å²) >= 11 is 17.3. The molecule has 20 rings (SSSR count). The van der Waals surface area contributed by atoms with E-state index in [1.165, 1.54) is 42.5 Å². The largest absolute Gasteiger partial charge is 0.454 e. The second-order valence-corrected chi connectivity index (χ2v) is 33.9. The van der Waals surface area contributed by atoms with Gasteiger partial charge >= 0.3 is 30.3 Å².